The highest BCUT2D eigenvalue weighted by atomic mass is 16.5. The molecule has 1 amide bonds. The third-order valence-corrected chi connectivity index (χ3v) is 5.27. The molecule has 0 aliphatic carbocycles. The summed E-state index contributed by atoms with van der Waals surface area (Å²) in [5.41, 5.74) is 3.79. The van der Waals surface area contributed by atoms with E-state index in [9.17, 15) is 4.79 Å². The zero-order valence-corrected chi connectivity index (χ0v) is 15.6. The number of amides is 1. The molecule has 2 aliphatic rings. The summed E-state index contributed by atoms with van der Waals surface area (Å²) < 4.78 is 11.4. The van der Waals surface area contributed by atoms with Gasteiger partial charge in [0.05, 0.1) is 5.56 Å². The van der Waals surface area contributed by atoms with Crippen LogP contribution in [0.4, 0.5) is 0 Å². The van der Waals surface area contributed by atoms with Crippen LogP contribution in [0.3, 0.4) is 0 Å². The summed E-state index contributed by atoms with van der Waals surface area (Å²) in [6, 6.07) is 14.6. The number of hydrogen-bond donors (Lipinski definition) is 0. The minimum Gasteiger partial charge on any atom is -0.488 e. The van der Waals surface area contributed by atoms with Crippen molar-refractivity contribution in [2.75, 3.05) is 20.3 Å². The highest BCUT2D eigenvalue weighted by Gasteiger charge is 2.19. The van der Waals surface area contributed by atoms with Gasteiger partial charge in [0, 0.05) is 37.6 Å². The molecule has 5 heteroatoms. The fraction of sp³-hybridized carbons (Fsp3) is 0.364. The number of fused-ring (bicyclic) bond motifs is 1. The van der Waals surface area contributed by atoms with Crippen LogP contribution in [-0.4, -0.2) is 43.3 Å². The average Bonchev–Trinajstić information content (AvgIpc) is 3.10. The molecule has 5 nitrogen and oxygen atoms in total. The van der Waals surface area contributed by atoms with Crippen LogP contribution in [0, 0.1) is 0 Å². The molecule has 4 rings (SSSR count). The molecule has 0 spiro atoms. The normalized spacial score (nSPS) is 16.7. The Morgan fingerprint density at radius 2 is 1.85 bits per heavy atom. The summed E-state index contributed by atoms with van der Waals surface area (Å²) in [7, 11) is 2.19. The highest BCUT2D eigenvalue weighted by molar-refractivity contribution is 6.14. The Labute approximate surface area is 159 Å². The summed E-state index contributed by atoms with van der Waals surface area (Å²) in [4.78, 5) is 17.9. The van der Waals surface area contributed by atoms with E-state index in [0.29, 0.717) is 24.0 Å². The van der Waals surface area contributed by atoms with Crippen molar-refractivity contribution in [3.63, 3.8) is 0 Å². The standard InChI is InChI=1S/C22H24N2O3/c1-24(18-9-11-26-12-10-18)14-16-5-7-17(8-6-16)15-27-21-4-2-3-19-20(21)13-23-22(19)25/h2-8,13,18H,9-12,14-15H2,1H3. The Bertz CT molecular complexity index is 839. The van der Waals surface area contributed by atoms with Gasteiger partial charge in [0.15, 0.2) is 0 Å². The van der Waals surface area contributed by atoms with Crippen molar-refractivity contribution in [3.05, 3.63) is 64.7 Å². The Kier molecular flexibility index (Phi) is 5.32. The molecule has 1 saturated heterocycles. The van der Waals surface area contributed by atoms with Crippen LogP contribution < -0.4 is 4.74 Å². The average molecular weight is 364 g/mol. The van der Waals surface area contributed by atoms with E-state index in [1.54, 1.807) is 12.3 Å². The van der Waals surface area contributed by atoms with Gasteiger partial charge in [0.2, 0.25) is 0 Å². The Balaban J connectivity index is 1.35. The van der Waals surface area contributed by atoms with Crippen LogP contribution in [0.15, 0.2) is 47.5 Å². The van der Waals surface area contributed by atoms with Crippen LogP contribution in [0.1, 0.15) is 39.9 Å². The lowest BCUT2D eigenvalue weighted by Gasteiger charge is -2.31. The summed E-state index contributed by atoms with van der Waals surface area (Å²) in [6.07, 6.45) is 3.80. The quantitative estimate of drug-likeness (QED) is 0.788. The Morgan fingerprint density at radius 3 is 2.63 bits per heavy atom. The van der Waals surface area contributed by atoms with Gasteiger partial charge in [-0.25, -0.2) is 4.99 Å². The molecule has 2 heterocycles. The van der Waals surface area contributed by atoms with Crippen molar-refractivity contribution in [2.45, 2.75) is 32.0 Å². The second-order valence-electron chi connectivity index (χ2n) is 7.14. The van der Waals surface area contributed by atoms with Crippen molar-refractivity contribution < 1.29 is 14.3 Å². The molecule has 2 aromatic carbocycles. The number of aliphatic imine (C=N–C) groups is 1. The van der Waals surface area contributed by atoms with Gasteiger partial charge in [-0.15, -0.1) is 0 Å². The lowest BCUT2D eigenvalue weighted by molar-refractivity contribution is 0.0407. The number of hydrogen-bond acceptors (Lipinski definition) is 4. The molecule has 2 aromatic rings. The predicted octanol–water partition coefficient (Wildman–Crippen LogP) is 3.45. The van der Waals surface area contributed by atoms with E-state index in [1.807, 2.05) is 12.1 Å². The Hall–Kier alpha value is -2.50. The van der Waals surface area contributed by atoms with E-state index in [1.165, 1.54) is 5.56 Å². The van der Waals surface area contributed by atoms with Crippen LogP contribution in [0.5, 0.6) is 5.75 Å². The first-order valence-electron chi connectivity index (χ1n) is 9.41. The van der Waals surface area contributed by atoms with E-state index in [0.717, 1.165) is 43.7 Å². The van der Waals surface area contributed by atoms with Gasteiger partial charge in [0.1, 0.15) is 12.4 Å². The summed E-state index contributed by atoms with van der Waals surface area (Å²) >= 11 is 0. The van der Waals surface area contributed by atoms with E-state index in [4.69, 9.17) is 9.47 Å². The number of benzene rings is 2. The van der Waals surface area contributed by atoms with Gasteiger partial charge in [-0.3, -0.25) is 9.69 Å². The van der Waals surface area contributed by atoms with Gasteiger partial charge < -0.3 is 9.47 Å². The Morgan fingerprint density at radius 1 is 1.11 bits per heavy atom. The summed E-state index contributed by atoms with van der Waals surface area (Å²) in [5, 5.41) is 0. The minimum absolute atomic E-state index is 0.201. The third kappa shape index (κ3) is 4.10. The molecule has 0 atom stereocenters. The number of carbonyl (C=O) groups is 1. The smallest absolute Gasteiger partial charge is 0.277 e. The summed E-state index contributed by atoms with van der Waals surface area (Å²) in [6.45, 7) is 3.14. The van der Waals surface area contributed by atoms with Crippen LogP contribution >= 0.6 is 0 Å². The topological polar surface area (TPSA) is 51.1 Å². The van der Waals surface area contributed by atoms with Gasteiger partial charge >= 0.3 is 0 Å². The maximum Gasteiger partial charge on any atom is 0.277 e. The van der Waals surface area contributed by atoms with E-state index < -0.39 is 0 Å². The fourth-order valence-corrected chi connectivity index (χ4v) is 3.63. The predicted molar refractivity (Wildman–Crippen MR) is 104 cm³/mol. The number of nitrogens with zero attached hydrogens (tertiary/aromatic N) is 2. The van der Waals surface area contributed by atoms with Crippen molar-refractivity contribution in [3.8, 4) is 5.75 Å². The van der Waals surface area contributed by atoms with Gasteiger partial charge in [-0.05, 0) is 43.1 Å². The second-order valence-corrected chi connectivity index (χ2v) is 7.14. The number of ether oxygens (including phenoxy) is 2. The zero-order valence-electron chi connectivity index (χ0n) is 15.6. The van der Waals surface area contributed by atoms with Crippen molar-refractivity contribution in [1.82, 2.24) is 4.90 Å². The van der Waals surface area contributed by atoms with Gasteiger partial charge in [-0.2, -0.15) is 0 Å². The minimum atomic E-state index is -0.201. The van der Waals surface area contributed by atoms with E-state index in [2.05, 4.69) is 41.2 Å². The van der Waals surface area contributed by atoms with Crippen LogP contribution in [-0.2, 0) is 17.9 Å². The maximum atomic E-state index is 11.7. The number of rotatable bonds is 6. The lowest BCUT2D eigenvalue weighted by Crippen LogP contribution is -2.36. The molecule has 0 N–H and O–H groups in total. The molecule has 1 fully saturated rings. The van der Waals surface area contributed by atoms with Crippen LogP contribution in [0.2, 0.25) is 0 Å². The molecule has 0 radical (unpaired) electrons. The molecule has 0 saturated carbocycles. The summed E-state index contributed by atoms with van der Waals surface area (Å²) in [5.74, 6) is 0.499. The first kappa shape index (κ1) is 17.9. The van der Waals surface area contributed by atoms with Crippen molar-refractivity contribution in [1.29, 1.82) is 0 Å². The second kappa shape index (κ2) is 8.03. The molecular weight excluding hydrogens is 340 g/mol. The fourth-order valence-electron chi connectivity index (χ4n) is 3.63. The molecule has 0 unspecified atom stereocenters. The molecule has 140 valence electrons. The first-order chi connectivity index (χ1) is 13.2. The molecule has 2 aliphatic heterocycles. The number of carbonyl (C=O) groups excluding carboxylic acids is 1. The van der Waals surface area contributed by atoms with E-state index in [-0.39, 0.29) is 5.91 Å². The highest BCUT2D eigenvalue weighted by Crippen LogP contribution is 2.26. The molecule has 27 heavy (non-hydrogen) atoms. The van der Waals surface area contributed by atoms with Gasteiger partial charge in [-0.1, -0.05) is 30.3 Å². The van der Waals surface area contributed by atoms with Crippen molar-refractivity contribution in [2.24, 2.45) is 4.99 Å². The molecule has 0 aromatic heterocycles. The first-order valence-corrected chi connectivity index (χ1v) is 9.41. The molecular formula is C22H24N2O3. The monoisotopic (exact) mass is 364 g/mol. The van der Waals surface area contributed by atoms with Gasteiger partial charge in [0.25, 0.3) is 5.91 Å². The van der Waals surface area contributed by atoms with E-state index >= 15 is 0 Å². The maximum absolute atomic E-state index is 11.7. The van der Waals surface area contributed by atoms with Crippen molar-refractivity contribution >= 4 is 12.1 Å². The third-order valence-electron chi connectivity index (χ3n) is 5.27. The SMILES string of the molecule is CN(Cc1ccc(COc2cccc3c2C=NC3=O)cc1)C1CCOCC1. The molecule has 0 bridgehead atoms. The largest absolute Gasteiger partial charge is 0.488 e. The lowest BCUT2D eigenvalue weighted by atomic mass is 10.1. The van der Waals surface area contributed by atoms with Crippen LogP contribution in [0.25, 0.3) is 0 Å². The zero-order chi connectivity index (χ0) is 18.6.